The zero-order chi connectivity index (χ0) is 25.5. The molecule has 0 aliphatic heterocycles. The average Bonchev–Trinajstić information content (AvgIpc) is 3.54. The van der Waals surface area contributed by atoms with Gasteiger partial charge < -0.3 is 19.2 Å². The fourth-order valence-corrected chi connectivity index (χ4v) is 4.09. The lowest BCUT2D eigenvalue weighted by Gasteiger charge is -2.23. The van der Waals surface area contributed by atoms with Crippen molar-refractivity contribution in [1.82, 2.24) is 14.8 Å². The summed E-state index contributed by atoms with van der Waals surface area (Å²) in [7, 11) is 0. The van der Waals surface area contributed by atoms with Crippen molar-refractivity contribution in [1.29, 1.82) is 0 Å². The molecule has 0 spiro atoms. The number of nitrogens with one attached hydrogen (secondary N) is 1. The van der Waals surface area contributed by atoms with Crippen molar-refractivity contribution >= 4 is 11.8 Å². The van der Waals surface area contributed by atoms with Crippen LogP contribution in [-0.2, 0) is 13.1 Å². The second kappa shape index (κ2) is 11.5. The van der Waals surface area contributed by atoms with Gasteiger partial charge in [-0.3, -0.25) is 9.59 Å². The first-order valence-corrected chi connectivity index (χ1v) is 12.1. The Kier molecular flexibility index (Phi) is 8.00. The third-order valence-electron chi connectivity index (χ3n) is 6.01. The molecule has 0 bridgehead atoms. The summed E-state index contributed by atoms with van der Waals surface area (Å²) in [6.45, 7) is 5.34. The second-order valence-corrected chi connectivity index (χ2v) is 8.73. The summed E-state index contributed by atoms with van der Waals surface area (Å²) >= 11 is 0. The number of carbonyl (C=O) groups is 2. The van der Waals surface area contributed by atoms with Gasteiger partial charge in [0.15, 0.2) is 5.76 Å². The van der Waals surface area contributed by atoms with Crippen molar-refractivity contribution in [2.24, 2.45) is 0 Å². The first-order valence-electron chi connectivity index (χ1n) is 12.1. The van der Waals surface area contributed by atoms with Gasteiger partial charge in [-0.25, -0.2) is 4.39 Å². The van der Waals surface area contributed by atoms with E-state index in [-0.39, 0.29) is 29.4 Å². The molecule has 1 atom stereocenters. The Balaban J connectivity index is 1.42. The molecule has 0 aliphatic rings. The number of rotatable bonds is 10. The van der Waals surface area contributed by atoms with Crippen molar-refractivity contribution in [3.8, 4) is 0 Å². The molecule has 2 amide bonds. The van der Waals surface area contributed by atoms with E-state index in [4.69, 9.17) is 4.42 Å². The van der Waals surface area contributed by atoms with E-state index in [0.29, 0.717) is 31.0 Å². The van der Waals surface area contributed by atoms with Gasteiger partial charge in [0.2, 0.25) is 0 Å². The van der Waals surface area contributed by atoms with Gasteiger partial charge in [0, 0.05) is 24.0 Å². The number of benzene rings is 2. The highest BCUT2D eigenvalue weighted by molar-refractivity contribution is 5.94. The summed E-state index contributed by atoms with van der Waals surface area (Å²) in [5, 5.41) is 2.96. The van der Waals surface area contributed by atoms with E-state index in [1.807, 2.05) is 67.1 Å². The molecule has 0 saturated heterocycles. The smallest absolute Gasteiger partial charge is 0.287 e. The monoisotopic (exact) mass is 487 g/mol. The zero-order valence-electron chi connectivity index (χ0n) is 20.5. The Morgan fingerprint density at radius 2 is 1.75 bits per heavy atom. The minimum absolute atomic E-state index is 0.144. The summed E-state index contributed by atoms with van der Waals surface area (Å²) < 4.78 is 21.1. The predicted octanol–water partition coefficient (Wildman–Crippen LogP) is 5.81. The first kappa shape index (κ1) is 25.0. The maximum absolute atomic E-state index is 13.3. The third-order valence-corrected chi connectivity index (χ3v) is 6.01. The summed E-state index contributed by atoms with van der Waals surface area (Å²) in [4.78, 5) is 27.5. The molecular weight excluding hydrogens is 457 g/mol. The van der Waals surface area contributed by atoms with Crippen LogP contribution < -0.4 is 5.32 Å². The first-order chi connectivity index (χ1) is 17.4. The highest BCUT2D eigenvalue weighted by Crippen LogP contribution is 2.17. The van der Waals surface area contributed by atoms with Crippen molar-refractivity contribution in [3.05, 3.63) is 119 Å². The summed E-state index contributed by atoms with van der Waals surface area (Å²) in [6, 6.07) is 22.5. The molecule has 2 heterocycles. The number of amides is 2. The minimum Gasteiger partial charge on any atom is -0.454 e. The van der Waals surface area contributed by atoms with Crippen molar-refractivity contribution < 1.29 is 18.4 Å². The summed E-state index contributed by atoms with van der Waals surface area (Å²) in [6.07, 6.45) is 2.72. The number of halogens is 1. The molecule has 1 N–H and O–H groups in total. The van der Waals surface area contributed by atoms with E-state index in [0.717, 1.165) is 17.7 Å². The van der Waals surface area contributed by atoms with Crippen LogP contribution in [0.5, 0.6) is 0 Å². The lowest BCUT2D eigenvalue weighted by atomic mass is 10.1. The van der Waals surface area contributed by atoms with E-state index >= 15 is 0 Å². The Labute approximate surface area is 210 Å². The van der Waals surface area contributed by atoms with Gasteiger partial charge in [0.05, 0.1) is 19.1 Å². The van der Waals surface area contributed by atoms with Crippen LogP contribution in [0, 0.1) is 5.82 Å². The number of nitrogens with zero attached hydrogens (tertiary/aromatic N) is 2. The normalized spacial score (nSPS) is 11.8. The SMILES string of the molecule is CCCN(Cc1cccn1Cc1ccc(C(=O)NC(C)c2ccccc2)o1)C(=O)c1ccc(F)cc1. The Morgan fingerprint density at radius 3 is 2.47 bits per heavy atom. The topological polar surface area (TPSA) is 67.5 Å². The highest BCUT2D eigenvalue weighted by Gasteiger charge is 2.19. The predicted molar refractivity (Wildman–Crippen MR) is 136 cm³/mol. The molecule has 1 unspecified atom stereocenters. The molecule has 0 radical (unpaired) electrons. The molecule has 0 saturated carbocycles. The standard InChI is InChI=1S/C29H30FN3O3/c1-3-17-33(29(35)23-11-13-24(30)14-12-23)19-25-10-7-18-32(25)20-26-15-16-27(36-26)28(34)31-21(2)22-8-5-4-6-9-22/h4-16,18,21H,3,17,19-20H2,1-2H3,(H,31,34). The van der Waals surface area contributed by atoms with Gasteiger partial charge in [0.1, 0.15) is 11.6 Å². The third kappa shape index (κ3) is 6.10. The number of aromatic nitrogens is 1. The van der Waals surface area contributed by atoms with Crippen LogP contribution >= 0.6 is 0 Å². The van der Waals surface area contributed by atoms with Crippen molar-refractivity contribution in [2.45, 2.75) is 39.4 Å². The van der Waals surface area contributed by atoms with Gasteiger partial charge in [-0.1, -0.05) is 37.3 Å². The molecule has 6 nitrogen and oxygen atoms in total. The van der Waals surface area contributed by atoms with Gasteiger partial charge in [-0.2, -0.15) is 0 Å². The minimum atomic E-state index is -0.372. The van der Waals surface area contributed by atoms with Crippen LogP contribution in [0.15, 0.2) is 89.5 Å². The largest absolute Gasteiger partial charge is 0.454 e. The van der Waals surface area contributed by atoms with Crippen LogP contribution in [0.1, 0.15) is 64.2 Å². The fraction of sp³-hybridized carbons (Fsp3) is 0.241. The van der Waals surface area contributed by atoms with Crippen molar-refractivity contribution in [3.63, 3.8) is 0 Å². The van der Waals surface area contributed by atoms with Gasteiger partial charge >= 0.3 is 0 Å². The second-order valence-electron chi connectivity index (χ2n) is 8.73. The van der Waals surface area contributed by atoms with E-state index < -0.39 is 0 Å². The maximum atomic E-state index is 13.3. The van der Waals surface area contributed by atoms with Gasteiger partial charge in [-0.15, -0.1) is 0 Å². The summed E-state index contributed by atoms with van der Waals surface area (Å²) in [5.41, 5.74) is 2.40. The van der Waals surface area contributed by atoms with Crippen molar-refractivity contribution in [2.75, 3.05) is 6.54 Å². The molecular formula is C29H30FN3O3. The highest BCUT2D eigenvalue weighted by atomic mass is 19.1. The number of hydrogen-bond acceptors (Lipinski definition) is 3. The van der Waals surface area contributed by atoms with E-state index in [1.54, 1.807) is 17.0 Å². The van der Waals surface area contributed by atoms with Crippen LogP contribution in [0.3, 0.4) is 0 Å². The fourth-order valence-electron chi connectivity index (χ4n) is 4.09. The van der Waals surface area contributed by atoms with E-state index in [1.165, 1.54) is 24.3 Å². The van der Waals surface area contributed by atoms with Crippen LogP contribution in [0.4, 0.5) is 4.39 Å². The molecule has 0 aliphatic carbocycles. The molecule has 4 rings (SSSR count). The summed E-state index contributed by atoms with van der Waals surface area (Å²) in [5.74, 6) is 0.0966. The van der Waals surface area contributed by atoms with Gasteiger partial charge in [-0.05, 0) is 67.4 Å². The Bertz CT molecular complexity index is 1290. The van der Waals surface area contributed by atoms with E-state index in [9.17, 15) is 14.0 Å². The molecule has 2 aromatic carbocycles. The number of hydrogen-bond donors (Lipinski definition) is 1. The maximum Gasteiger partial charge on any atom is 0.287 e. The van der Waals surface area contributed by atoms with E-state index in [2.05, 4.69) is 5.32 Å². The lowest BCUT2D eigenvalue weighted by Crippen LogP contribution is -2.32. The number of carbonyl (C=O) groups excluding carboxylic acids is 2. The Morgan fingerprint density at radius 1 is 1.00 bits per heavy atom. The molecule has 36 heavy (non-hydrogen) atoms. The van der Waals surface area contributed by atoms with Crippen LogP contribution in [-0.4, -0.2) is 27.8 Å². The van der Waals surface area contributed by atoms with Crippen LogP contribution in [0.2, 0.25) is 0 Å². The molecule has 2 aromatic heterocycles. The van der Waals surface area contributed by atoms with Gasteiger partial charge in [0.25, 0.3) is 11.8 Å². The lowest BCUT2D eigenvalue weighted by molar-refractivity contribution is 0.0739. The zero-order valence-corrected chi connectivity index (χ0v) is 20.5. The molecule has 186 valence electrons. The molecule has 4 aromatic rings. The quantitative estimate of drug-likeness (QED) is 0.307. The molecule has 0 fully saturated rings. The Hall–Kier alpha value is -4.13. The average molecular weight is 488 g/mol. The number of furan rings is 1. The molecule has 7 heteroatoms. The van der Waals surface area contributed by atoms with Crippen LogP contribution in [0.25, 0.3) is 0 Å².